The molecule has 1 aliphatic heterocycles. The predicted molar refractivity (Wildman–Crippen MR) is 68.4 cm³/mol. The number of ether oxygens (including phenoxy) is 1. The van der Waals surface area contributed by atoms with E-state index in [0.717, 1.165) is 31.6 Å². The monoisotopic (exact) mass is 250 g/mol. The van der Waals surface area contributed by atoms with E-state index in [1.54, 1.807) is 12.1 Å². The van der Waals surface area contributed by atoms with Gasteiger partial charge >= 0.3 is 0 Å². The Morgan fingerprint density at radius 1 is 1.56 bits per heavy atom. The fourth-order valence-corrected chi connectivity index (χ4v) is 2.23. The first-order valence-electron chi connectivity index (χ1n) is 6.17. The lowest BCUT2D eigenvalue weighted by Crippen LogP contribution is -2.36. The second-order valence-electron chi connectivity index (χ2n) is 4.93. The second kappa shape index (κ2) is 5.46. The highest BCUT2D eigenvalue weighted by Gasteiger charge is 2.28. The lowest BCUT2D eigenvalue weighted by molar-refractivity contribution is -0.384. The maximum absolute atomic E-state index is 10.7. The molecule has 0 bridgehead atoms. The maximum atomic E-state index is 10.7. The Bertz CT molecular complexity index is 428. The van der Waals surface area contributed by atoms with Gasteiger partial charge in [-0.05, 0) is 25.3 Å². The van der Waals surface area contributed by atoms with Crippen LogP contribution in [0.5, 0.6) is 0 Å². The first kappa shape index (κ1) is 13.0. The van der Waals surface area contributed by atoms with Crippen LogP contribution in [0.1, 0.15) is 25.3 Å². The Hall–Kier alpha value is -1.46. The fourth-order valence-electron chi connectivity index (χ4n) is 2.23. The van der Waals surface area contributed by atoms with Crippen molar-refractivity contribution >= 4 is 5.69 Å². The minimum absolute atomic E-state index is 0.0826. The van der Waals surface area contributed by atoms with Crippen LogP contribution in [0, 0.1) is 10.1 Å². The molecule has 1 fully saturated rings. The van der Waals surface area contributed by atoms with E-state index in [2.05, 4.69) is 12.2 Å². The summed E-state index contributed by atoms with van der Waals surface area (Å²) in [6, 6.07) is 6.70. The van der Waals surface area contributed by atoms with Crippen molar-refractivity contribution in [2.75, 3.05) is 13.2 Å². The normalized spacial score (nSPS) is 23.2. The van der Waals surface area contributed by atoms with Crippen LogP contribution >= 0.6 is 0 Å². The Labute approximate surface area is 106 Å². The molecule has 1 unspecified atom stereocenters. The van der Waals surface area contributed by atoms with E-state index in [1.807, 2.05) is 6.07 Å². The average molecular weight is 250 g/mol. The number of benzene rings is 1. The van der Waals surface area contributed by atoms with Crippen LogP contribution < -0.4 is 5.32 Å². The number of nitro groups is 1. The standard InChI is InChI=1S/C13H18N2O3/c1-13(6-3-7-18-13)10-14-9-11-4-2-5-12(8-11)15(16)17/h2,4-5,8,14H,3,6-7,9-10H2,1H3. The highest BCUT2D eigenvalue weighted by atomic mass is 16.6. The fraction of sp³-hybridized carbons (Fsp3) is 0.538. The maximum Gasteiger partial charge on any atom is 0.269 e. The number of nitrogens with zero attached hydrogens (tertiary/aromatic N) is 1. The molecule has 1 atom stereocenters. The SMILES string of the molecule is CC1(CNCc2cccc([N+](=O)[O-])c2)CCCO1. The van der Waals surface area contributed by atoms with E-state index >= 15 is 0 Å². The van der Waals surface area contributed by atoms with Crippen molar-refractivity contribution in [3.05, 3.63) is 39.9 Å². The predicted octanol–water partition coefficient (Wildman–Crippen LogP) is 2.25. The smallest absolute Gasteiger partial charge is 0.269 e. The number of hydrogen-bond donors (Lipinski definition) is 1. The van der Waals surface area contributed by atoms with Crippen molar-refractivity contribution < 1.29 is 9.66 Å². The van der Waals surface area contributed by atoms with Crippen molar-refractivity contribution in [1.29, 1.82) is 0 Å². The molecule has 5 nitrogen and oxygen atoms in total. The molecule has 98 valence electrons. The summed E-state index contributed by atoms with van der Waals surface area (Å²) in [5.74, 6) is 0. The van der Waals surface area contributed by atoms with Gasteiger partial charge in [0.1, 0.15) is 0 Å². The molecule has 5 heteroatoms. The topological polar surface area (TPSA) is 64.4 Å². The molecular weight excluding hydrogens is 232 g/mol. The Morgan fingerprint density at radius 3 is 3.06 bits per heavy atom. The van der Waals surface area contributed by atoms with Crippen LogP contribution in [0.25, 0.3) is 0 Å². The molecule has 1 aromatic rings. The van der Waals surface area contributed by atoms with Gasteiger partial charge in [0.25, 0.3) is 5.69 Å². The Balaban J connectivity index is 1.86. The molecule has 0 saturated carbocycles. The summed E-state index contributed by atoms with van der Waals surface area (Å²) in [5.41, 5.74) is 0.976. The number of nitro benzene ring substituents is 1. The van der Waals surface area contributed by atoms with Gasteiger partial charge in [-0.15, -0.1) is 0 Å². The summed E-state index contributed by atoms with van der Waals surface area (Å²) in [4.78, 5) is 10.3. The molecule has 1 heterocycles. The molecule has 1 aliphatic rings. The quantitative estimate of drug-likeness (QED) is 0.643. The molecule has 0 amide bonds. The Kier molecular flexibility index (Phi) is 3.93. The van der Waals surface area contributed by atoms with Gasteiger partial charge in [0.05, 0.1) is 10.5 Å². The highest BCUT2D eigenvalue weighted by Crippen LogP contribution is 2.24. The molecule has 1 N–H and O–H groups in total. The summed E-state index contributed by atoms with van der Waals surface area (Å²) >= 11 is 0. The number of nitrogens with one attached hydrogen (secondary N) is 1. The molecular formula is C13H18N2O3. The van der Waals surface area contributed by atoms with Gasteiger partial charge in [0.15, 0.2) is 0 Å². The number of hydrogen-bond acceptors (Lipinski definition) is 4. The van der Waals surface area contributed by atoms with E-state index < -0.39 is 0 Å². The van der Waals surface area contributed by atoms with Crippen LogP contribution in [0.2, 0.25) is 0 Å². The Morgan fingerprint density at radius 2 is 2.39 bits per heavy atom. The zero-order valence-corrected chi connectivity index (χ0v) is 10.5. The first-order valence-corrected chi connectivity index (χ1v) is 6.17. The number of non-ortho nitro benzene ring substituents is 1. The van der Waals surface area contributed by atoms with Crippen LogP contribution in [0.15, 0.2) is 24.3 Å². The van der Waals surface area contributed by atoms with Crippen LogP contribution in [-0.4, -0.2) is 23.7 Å². The van der Waals surface area contributed by atoms with E-state index in [9.17, 15) is 10.1 Å². The second-order valence-corrected chi connectivity index (χ2v) is 4.93. The van der Waals surface area contributed by atoms with Crippen LogP contribution in [-0.2, 0) is 11.3 Å². The third-order valence-electron chi connectivity index (χ3n) is 3.25. The summed E-state index contributed by atoms with van der Waals surface area (Å²) in [6.45, 7) is 4.33. The van der Waals surface area contributed by atoms with Gasteiger partial charge in [-0.25, -0.2) is 0 Å². The third-order valence-corrected chi connectivity index (χ3v) is 3.25. The van der Waals surface area contributed by atoms with E-state index in [1.165, 1.54) is 6.07 Å². The van der Waals surface area contributed by atoms with E-state index in [0.29, 0.717) is 6.54 Å². The lowest BCUT2D eigenvalue weighted by Gasteiger charge is -2.23. The number of rotatable bonds is 5. The van der Waals surface area contributed by atoms with E-state index in [-0.39, 0.29) is 16.2 Å². The molecule has 2 rings (SSSR count). The summed E-state index contributed by atoms with van der Waals surface area (Å²) in [5, 5.41) is 14.0. The molecule has 0 spiro atoms. The largest absolute Gasteiger partial charge is 0.374 e. The minimum atomic E-state index is -0.370. The van der Waals surface area contributed by atoms with Crippen molar-refractivity contribution in [2.24, 2.45) is 0 Å². The third kappa shape index (κ3) is 3.27. The summed E-state index contributed by atoms with van der Waals surface area (Å²) in [7, 11) is 0. The highest BCUT2D eigenvalue weighted by molar-refractivity contribution is 5.34. The molecule has 0 aliphatic carbocycles. The molecule has 1 aromatic carbocycles. The zero-order chi connectivity index (χ0) is 13.0. The van der Waals surface area contributed by atoms with Crippen LogP contribution in [0.3, 0.4) is 0 Å². The van der Waals surface area contributed by atoms with Crippen molar-refractivity contribution in [2.45, 2.75) is 31.9 Å². The van der Waals surface area contributed by atoms with Gasteiger partial charge in [0.2, 0.25) is 0 Å². The first-order chi connectivity index (χ1) is 8.59. The lowest BCUT2D eigenvalue weighted by atomic mass is 10.0. The van der Waals surface area contributed by atoms with Crippen molar-refractivity contribution in [3.8, 4) is 0 Å². The van der Waals surface area contributed by atoms with E-state index in [4.69, 9.17) is 4.74 Å². The van der Waals surface area contributed by atoms with Gasteiger partial charge < -0.3 is 10.1 Å². The molecule has 1 saturated heterocycles. The molecule has 0 aromatic heterocycles. The van der Waals surface area contributed by atoms with Crippen LogP contribution in [0.4, 0.5) is 5.69 Å². The average Bonchev–Trinajstić information content (AvgIpc) is 2.77. The molecule has 18 heavy (non-hydrogen) atoms. The summed E-state index contributed by atoms with van der Waals surface area (Å²) in [6.07, 6.45) is 2.17. The van der Waals surface area contributed by atoms with Crippen molar-refractivity contribution in [3.63, 3.8) is 0 Å². The van der Waals surface area contributed by atoms with Gasteiger partial charge in [-0.3, -0.25) is 10.1 Å². The zero-order valence-electron chi connectivity index (χ0n) is 10.5. The van der Waals surface area contributed by atoms with Gasteiger partial charge in [0, 0.05) is 31.8 Å². The molecule has 0 radical (unpaired) electrons. The summed E-state index contributed by atoms with van der Waals surface area (Å²) < 4.78 is 5.67. The van der Waals surface area contributed by atoms with Gasteiger partial charge in [-0.2, -0.15) is 0 Å². The minimum Gasteiger partial charge on any atom is -0.374 e. The van der Waals surface area contributed by atoms with Crippen molar-refractivity contribution in [1.82, 2.24) is 5.32 Å². The van der Waals surface area contributed by atoms with Gasteiger partial charge in [-0.1, -0.05) is 12.1 Å².